The van der Waals surface area contributed by atoms with Crippen LogP contribution in [0.5, 0.6) is 5.75 Å². The van der Waals surface area contributed by atoms with Gasteiger partial charge in [0.1, 0.15) is 17.3 Å². The summed E-state index contributed by atoms with van der Waals surface area (Å²) in [6, 6.07) is 10.7. The second-order valence-corrected chi connectivity index (χ2v) is 9.48. The summed E-state index contributed by atoms with van der Waals surface area (Å²) < 4.78 is 48.7. The van der Waals surface area contributed by atoms with Gasteiger partial charge in [0.25, 0.3) is 15.6 Å². The predicted molar refractivity (Wildman–Crippen MR) is 123 cm³/mol. The number of nitrogens with one attached hydrogen (secondary N) is 2. The Kier molecular flexibility index (Phi) is 6.58. The number of pyridine rings is 1. The molecule has 0 aliphatic heterocycles. The number of rotatable bonds is 6. The van der Waals surface area contributed by atoms with Crippen molar-refractivity contribution in [1.29, 1.82) is 0 Å². The van der Waals surface area contributed by atoms with Crippen molar-refractivity contribution >= 4 is 61.4 Å². The molecule has 11 heteroatoms. The fourth-order valence-corrected chi connectivity index (χ4v) is 4.59. The third kappa shape index (κ3) is 4.71. The van der Waals surface area contributed by atoms with Crippen LogP contribution in [-0.4, -0.2) is 20.1 Å². The molecular formula is C19H16ClFIN3O4S. The highest BCUT2D eigenvalue weighted by Crippen LogP contribution is 2.36. The van der Waals surface area contributed by atoms with E-state index >= 15 is 0 Å². The Morgan fingerprint density at radius 3 is 2.40 bits per heavy atom. The van der Waals surface area contributed by atoms with Crippen LogP contribution in [0.4, 0.5) is 21.6 Å². The second-order valence-electron chi connectivity index (χ2n) is 6.14. The van der Waals surface area contributed by atoms with Crippen molar-refractivity contribution in [3.05, 3.63) is 73.3 Å². The number of ether oxygens (including phenoxy) is 1. The molecule has 0 radical (unpaired) electrons. The summed E-state index contributed by atoms with van der Waals surface area (Å²) in [5.74, 6) is -0.439. The summed E-state index contributed by atoms with van der Waals surface area (Å²) in [4.78, 5) is 12.2. The molecule has 3 rings (SSSR count). The zero-order valence-electron chi connectivity index (χ0n) is 15.7. The Labute approximate surface area is 191 Å². The van der Waals surface area contributed by atoms with Crippen molar-refractivity contribution in [2.45, 2.75) is 4.90 Å². The molecule has 0 bridgehead atoms. The van der Waals surface area contributed by atoms with Crippen LogP contribution in [0.3, 0.4) is 0 Å². The monoisotopic (exact) mass is 563 g/mol. The molecule has 1 aromatic heterocycles. The highest BCUT2D eigenvalue weighted by molar-refractivity contribution is 14.1. The summed E-state index contributed by atoms with van der Waals surface area (Å²) in [6.07, 6.45) is 0. The van der Waals surface area contributed by atoms with Crippen LogP contribution < -0.4 is 20.3 Å². The Bertz CT molecular complexity index is 1260. The maximum absolute atomic E-state index is 13.2. The zero-order valence-corrected chi connectivity index (χ0v) is 19.5. The number of methoxy groups -OCH3 is 1. The maximum Gasteiger partial charge on any atom is 0.262 e. The smallest absolute Gasteiger partial charge is 0.262 e. The minimum absolute atomic E-state index is 0.00135. The molecule has 7 nitrogen and oxygen atoms in total. The standard InChI is InChI=1S/C19H16ClFIN3O4S/c1-25-17(26)10-16(29-2)18(19(25)23-15-8-5-12(22)9-14(15)20)24-30(27,28)13-6-3-11(21)4-7-13/h3-10,23-24H,1-2H3. The molecule has 0 saturated heterocycles. The van der Waals surface area contributed by atoms with E-state index in [0.29, 0.717) is 10.7 Å². The molecule has 1 heterocycles. The van der Waals surface area contributed by atoms with Crippen LogP contribution in [0, 0.1) is 9.39 Å². The summed E-state index contributed by atoms with van der Waals surface area (Å²) >= 11 is 8.39. The van der Waals surface area contributed by atoms with Gasteiger partial charge in [-0.2, -0.15) is 0 Å². The number of halogens is 3. The fraction of sp³-hybridized carbons (Fsp3) is 0.105. The van der Waals surface area contributed by atoms with Crippen molar-refractivity contribution in [3.8, 4) is 5.75 Å². The lowest BCUT2D eigenvalue weighted by molar-refractivity contribution is 0.415. The molecule has 0 saturated carbocycles. The lowest BCUT2D eigenvalue weighted by Gasteiger charge is -2.20. The average Bonchev–Trinajstić information content (AvgIpc) is 2.69. The van der Waals surface area contributed by atoms with Crippen molar-refractivity contribution in [2.75, 3.05) is 17.1 Å². The number of hydrogen-bond acceptors (Lipinski definition) is 5. The van der Waals surface area contributed by atoms with Gasteiger partial charge >= 0.3 is 0 Å². The minimum Gasteiger partial charge on any atom is -0.494 e. The molecule has 0 amide bonds. The van der Waals surface area contributed by atoms with Crippen molar-refractivity contribution in [2.24, 2.45) is 7.05 Å². The molecule has 30 heavy (non-hydrogen) atoms. The van der Waals surface area contributed by atoms with Gasteiger partial charge in [-0.15, -0.1) is 0 Å². The molecule has 0 unspecified atom stereocenters. The van der Waals surface area contributed by atoms with Crippen LogP contribution in [-0.2, 0) is 17.1 Å². The second kappa shape index (κ2) is 8.82. The third-order valence-corrected chi connectivity index (χ3v) is 6.52. The van der Waals surface area contributed by atoms with Crippen LogP contribution in [0.1, 0.15) is 0 Å². The van der Waals surface area contributed by atoms with Gasteiger partial charge in [-0.05, 0) is 65.1 Å². The Balaban J connectivity index is 2.14. The molecule has 0 atom stereocenters. The number of anilines is 3. The average molecular weight is 564 g/mol. The van der Waals surface area contributed by atoms with Gasteiger partial charge in [0.05, 0.1) is 22.7 Å². The molecule has 2 N–H and O–H groups in total. The summed E-state index contributed by atoms with van der Waals surface area (Å²) in [5, 5.41) is 3.37. The van der Waals surface area contributed by atoms with E-state index in [0.717, 1.165) is 33.9 Å². The first-order chi connectivity index (χ1) is 14.1. The lowest BCUT2D eigenvalue weighted by atomic mass is 10.3. The highest BCUT2D eigenvalue weighted by Gasteiger charge is 2.22. The van der Waals surface area contributed by atoms with Crippen molar-refractivity contribution in [3.63, 3.8) is 0 Å². The first-order valence-electron chi connectivity index (χ1n) is 8.41. The van der Waals surface area contributed by atoms with Crippen LogP contribution in [0.15, 0.2) is 58.2 Å². The Morgan fingerprint density at radius 2 is 1.80 bits per heavy atom. The van der Waals surface area contributed by atoms with E-state index in [1.807, 2.05) is 0 Å². The molecule has 2 aromatic carbocycles. The first-order valence-corrected chi connectivity index (χ1v) is 11.3. The molecule has 0 fully saturated rings. The Hall–Kier alpha value is -2.31. The summed E-state index contributed by atoms with van der Waals surface area (Å²) in [6.45, 7) is 0. The number of nitrogens with zero attached hydrogens (tertiary/aromatic N) is 1. The normalized spacial score (nSPS) is 11.2. The topological polar surface area (TPSA) is 89.4 Å². The SMILES string of the molecule is COc1cc(=O)n(C)c(Nc2ccc(I)cc2Cl)c1NS(=O)(=O)c1ccc(F)cc1. The highest BCUT2D eigenvalue weighted by atomic mass is 127. The van der Waals surface area contributed by atoms with Gasteiger partial charge in [0.15, 0.2) is 5.75 Å². The van der Waals surface area contributed by atoms with Gasteiger partial charge in [-0.3, -0.25) is 14.1 Å². The van der Waals surface area contributed by atoms with E-state index in [-0.39, 0.29) is 22.2 Å². The molecule has 0 aliphatic rings. The number of hydrogen-bond donors (Lipinski definition) is 2. The van der Waals surface area contributed by atoms with E-state index in [1.54, 1.807) is 18.2 Å². The van der Waals surface area contributed by atoms with Gasteiger partial charge in [-0.1, -0.05) is 11.6 Å². The molecule has 3 aromatic rings. The lowest BCUT2D eigenvalue weighted by Crippen LogP contribution is -2.23. The van der Waals surface area contributed by atoms with Crippen molar-refractivity contribution in [1.82, 2.24) is 4.57 Å². The van der Waals surface area contributed by atoms with Gasteiger partial charge in [-0.25, -0.2) is 12.8 Å². The largest absolute Gasteiger partial charge is 0.494 e. The van der Waals surface area contributed by atoms with Crippen molar-refractivity contribution < 1.29 is 17.5 Å². The molecule has 0 aliphatic carbocycles. The van der Waals surface area contributed by atoms with Crippen LogP contribution in [0.25, 0.3) is 0 Å². The quantitative estimate of drug-likeness (QED) is 0.436. The zero-order chi connectivity index (χ0) is 22.1. The predicted octanol–water partition coefficient (Wildman–Crippen LogP) is 4.34. The minimum atomic E-state index is -4.11. The van der Waals surface area contributed by atoms with E-state index in [9.17, 15) is 17.6 Å². The van der Waals surface area contributed by atoms with Crippen LogP contribution >= 0.6 is 34.2 Å². The van der Waals surface area contributed by atoms with E-state index in [1.165, 1.54) is 18.7 Å². The van der Waals surface area contributed by atoms with Gasteiger partial charge in [0, 0.05) is 16.7 Å². The summed E-state index contributed by atoms with van der Waals surface area (Å²) in [5.41, 5.74) is 0.0295. The van der Waals surface area contributed by atoms with E-state index in [4.69, 9.17) is 16.3 Å². The fourth-order valence-electron chi connectivity index (χ4n) is 2.61. The number of sulfonamides is 1. The number of benzene rings is 2. The molecule has 158 valence electrons. The van der Waals surface area contributed by atoms with Gasteiger partial charge < -0.3 is 10.1 Å². The number of aromatic nitrogens is 1. The van der Waals surface area contributed by atoms with Gasteiger partial charge in [0.2, 0.25) is 0 Å². The third-order valence-electron chi connectivity index (χ3n) is 4.17. The van der Waals surface area contributed by atoms with E-state index in [2.05, 4.69) is 32.6 Å². The van der Waals surface area contributed by atoms with Crippen LogP contribution in [0.2, 0.25) is 5.02 Å². The maximum atomic E-state index is 13.2. The molecule has 0 spiro atoms. The Morgan fingerprint density at radius 1 is 1.13 bits per heavy atom. The summed E-state index contributed by atoms with van der Waals surface area (Å²) in [7, 11) is -1.33. The first kappa shape index (κ1) is 22.4. The van der Waals surface area contributed by atoms with E-state index < -0.39 is 21.4 Å². The molecular weight excluding hydrogens is 548 g/mol.